The van der Waals surface area contributed by atoms with Crippen LogP contribution in [0.4, 0.5) is 0 Å². The fraction of sp³-hybridized carbons (Fsp3) is 0.435. The van der Waals surface area contributed by atoms with Gasteiger partial charge in [0.15, 0.2) is 0 Å². The largest absolute Gasteiger partial charge is 0.496 e. The molecule has 0 unspecified atom stereocenters. The predicted octanol–water partition coefficient (Wildman–Crippen LogP) is 3.12. The van der Waals surface area contributed by atoms with Crippen LogP contribution in [0.15, 0.2) is 36.4 Å². The lowest BCUT2D eigenvalue weighted by atomic mass is 9.98. The third-order valence-corrected chi connectivity index (χ3v) is 5.34. The van der Waals surface area contributed by atoms with Gasteiger partial charge in [0.2, 0.25) is 0 Å². The van der Waals surface area contributed by atoms with Crippen LogP contribution in [0, 0.1) is 13.8 Å². The summed E-state index contributed by atoms with van der Waals surface area (Å²) in [7, 11) is 5.55. The van der Waals surface area contributed by atoms with Crippen molar-refractivity contribution in [2.24, 2.45) is 0 Å². The number of benzene rings is 2. The molecule has 1 atom stereocenters. The Balaban J connectivity index is 1.83. The molecule has 1 aliphatic rings. The van der Waals surface area contributed by atoms with Gasteiger partial charge < -0.3 is 19.6 Å². The lowest BCUT2D eigenvalue weighted by Gasteiger charge is -2.26. The summed E-state index contributed by atoms with van der Waals surface area (Å²) >= 11 is 0. The van der Waals surface area contributed by atoms with E-state index >= 15 is 0 Å². The topological polar surface area (TPSA) is 53.0 Å². The number of ether oxygens (including phenoxy) is 1. The summed E-state index contributed by atoms with van der Waals surface area (Å²) in [6.07, 6.45) is 0.605. The number of likely N-dealkylation sites (tertiary alicyclic amines) is 1. The standard InChI is InChI=1S/C23H30N2O3/c1-16-11-20(12-17(2)21(16)28-5)18-7-6-8-19(13-18)22(26)25-10-9-23(27,15-25)14-24(3)4/h6-8,11-13,27H,9-10,14-15H2,1-5H3/t23-/m1/s1. The molecule has 1 amide bonds. The van der Waals surface area contributed by atoms with Gasteiger partial charge in [0.25, 0.3) is 5.91 Å². The van der Waals surface area contributed by atoms with Gasteiger partial charge in [0.1, 0.15) is 5.75 Å². The number of methoxy groups -OCH3 is 1. The van der Waals surface area contributed by atoms with Gasteiger partial charge in [0, 0.05) is 18.7 Å². The van der Waals surface area contributed by atoms with Crippen molar-refractivity contribution in [1.82, 2.24) is 9.80 Å². The Bertz CT molecular complexity index is 855. The average molecular weight is 383 g/mol. The van der Waals surface area contributed by atoms with E-state index in [2.05, 4.69) is 12.1 Å². The normalized spacial score (nSPS) is 19.3. The van der Waals surface area contributed by atoms with Crippen LogP contribution in [0.5, 0.6) is 5.75 Å². The van der Waals surface area contributed by atoms with Gasteiger partial charge >= 0.3 is 0 Å². The van der Waals surface area contributed by atoms with Crippen LogP contribution in [-0.2, 0) is 0 Å². The van der Waals surface area contributed by atoms with Crippen LogP contribution in [0.25, 0.3) is 11.1 Å². The number of hydrogen-bond acceptors (Lipinski definition) is 4. The average Bonchev–Trinajstić information content (AvgIpc) is 3.01. The number of carbonyl (C=O) groups is 1. The molecule has 1 aliphatic heterocycles. The number of likely N-dealkylation sites (N-methyl/N-ethyl adjacent to an activating group) is 1. The SMILES string of the molecule is COc1c(C)cc(-c2cccc(C(=O)N3CC[C@@](O)(CN(C)C)C3)c2)cc1C. The number of hydrogen-bond donors (Lipinski definition) is 1. The Morgan fingerprint density at radius 1 is 1.18 bits per heavy atom. The first-order chi connectivity index (χ1) is 13.2. The second-order valence-electron chi connectivity index (χ2n) is 8.16. The summed E-state index contributed by atoms with van der Waals surface area (Å²) in [5.41, 5.74) is 4.03. The molecule has 0 saturated carbocycles. The summed E-state index contributed by atoms with van der Waals surface area (Å²) in [4.78, 5) is 16.7. The van der Waals surface area contributed by atoms with Crippen LogP contribution >= 0.6 is 0 Å². The molecule has 0 radical (unpaired) electrons. The number of carbonyl (C=O) groups excluding carboxylic acids is 1. The van der Waals surface area contributed by atoms with E-state index in [9.17, 15) is 9.90 Å². The zero-order valence-corrected chi connectivity index (χ0v) is 17.5. The number of rotatable bonds is 5. The molecule has 0 spiro atoms. The lowest BCUT2D eigenvalue weighted by molar-refractivity contribution is 0.0236. The van der Waals surface area contributed by atoms with Crippen molar-refractivity contribution in [3.05, 3.63) is 53.1 Å². The van der Waals surface area contributed by atoms with Crippen molar-refractivity contribution >= 4 is 5.91 Å². The molecule has 0 aliphatic carbocycles. The third-order valence-electron chi connectivity index (χ3n) is 5.34. The van der Waals surface area contributed by atoms with E-state index in [4.69, 9.17) is 4.74 Å². The highest BCUT2D eigenvalue weighted by Crippen LogP contribution is 2.31. The Morgan fingerprint density at radius 3 is 2.46 bits per heavy atom. The van der Waals surface area contributed by atoms with Gasteiger partial charge in [0.05, 0.1) is 19.3 Å². The van der Waals surface area contributed by atoms with Crippen LogP contribution in [0.2, 0.25) is 0 Å². The zero-order chi connectivity index (χ0) is 20.5. The molecule has 1 saturated heterocycles. The molecule has 5 nitrogen and oxygen atoms in total. The quantitative estimate of drug-likeness (QED) is 0.863. The number of nitrogens with zero attached hydrogens (tertiary/aromatic N) is 2. The smallest absolute Gasteiger partial charge is 0.253 e. The molecule has 0 aromatic heterocycles. The fourth-order valence-corrected chi connectivity index (χ4v) is 4.20. The maximum Gasteiger partial charge on any atom is 0.253 e. The highest BCUT2D eigenvalue weighted by molar-refractivity contribution is 5.95. The Hall–Kier alpha value is -2.37. The molecule has 150 valence electrons. The monoisotopic (exact) mass is 382 g/mol. The van der Waals surface area contributed by atoms with Gasteiger partial charge in [-0.2, -0.15) is 0 Å². The van der Waals surface area contributed by atoms with E-state index in [0.29, 0.717) is 31.6 Å². The maximum atomic E-state index is 13.0. The molecule has 2 aromatic rings. The highest BCUT2D eigenvalue weighted by atomic mass is 16.5. The Morgan fingerprint density at radius 2 is 1.86 bits per heavy atom. The summed E-state index contributed by atoms with van der Waals surface area (Å²) < 4.78 is 5.46. The maximum absolute atomic E-state index is 13.0. The zero-order valence-electron chi connectivity index (χ0n) is 17.5. The van der Waals surface area contributed by atoms with Crippen LogP contribution in [-0.4, -0.2) is 67.3 Å². The molecular weight excluding hydrogens is 352 g/mol. The van der Waals surface area contributed by atoms with Crippen LogP contribution in [0.3, 0.4) is 0 Å². The van der Waals surface area contributed by atoms with E-state index in [1.807, 2.05) is 57.1 Å². The summed E-state index contributed by atoms with van der Waals surface area (Å²) in [5.74, 6) is 0.867. The first-order valence-electron chi connectivity index (χ1n) is 9.64. The molecule has 1 fully saturated rings. The van der Waals surface area contributed by atoms with Gasteiger partial charge in [-0.25, -0.2) is 0 Å². The molecule has 1 heterocycles. The third kappa shape index (κ3) is 4.21. The van der Waals surface area contributed by atoms with Gasteiger partial charge in [-0.1, -0.05) is 12.1 Å². The van der Waals surface area contributed by atoms with Crippen molar-refractivity contribution in [3.8, 4) is 16.9 Å². The minimum absolute atomic E-state index is 0.0292. The van der Waals surface area contributed by atoms with Crippen LogP contribution in [0.1, 0.15) is 27.9 Å². The highest BCUT2D eigenvalue weighted by Gasteiger charge is 2.38. The molecule has 2 aromatic carbocycles. The number of aliphatic hydroxyl groups is 1. The second-order valence-corrected chi connectivity index (χ2v) is 8.16. The van der Waals surface area contributed by atoms with Crippen LogP contribution < -0.4 is 4.74 Å². The molecule has 5 heteroatoms. The molecule has 1 N–H and O–H groups in total. The van der Waals surface area contributed by atoms with E-state index in [1.54, 1.807) is 12.0 Å². The lowest BCUT2D eigenvalue weighted by Crippen LogP contribution is -2.43. The first-order valence-corrected chi connectivity index (χ1v) is 9.64. The van der Waals surface area contributed by atoms with Crippen molar-refractivity contribution in [2.45, 2.75) is 25.9 Å². The Kier molecular flexibility index (Phi) is 5.77. The van der Waals surface area contributed by atoms with Crippen molar-refractivity contribution < 1.29 is 14.6 Å². The van der Waals surface area contributed by atoms with Crippen molar-refractivity contribution in [3.63, 3.8) is 0 Å². The minimum Gasteiger partial charge on any atom is -0.496 e. The first kappa shape index (κ1) is 20.4. The molecule has 3 rings (SSSR count). The number of amides is 1. The van der Waals surface area contributed by atoms with E-state index in [1.165, 1.54) is 0 Å². The van der Waals surface area contributed by atoms with E-state index in [-0.39, 0.29) is 5.91 Å². The van der Waals surface area contributed by atoms with Gasteiger partial charge in [-0.3, -0.25) is 4.79 Å². The predicted molar refractivity (Wildman–Crippen MR) is 112 cm³/mol. The minimum atomic E-state index is -0.832. The second kappa shape index (κ2) is 7.94. The van der Waals surface area contributed by atoms with Crippen molar-refractivity contribution in [2.75, 3.05) is 40.8 Å². The summed E-state index contributed by atoms with van der Waals surface area (Å²) in [5, 5.41) is 10.7. The van der Waals surface area contributed by atoms with E-state index < -0.39 is 5.60 Å². The van der Waals surface area contributed by atoms with E-state index in [0.717, 1.165) is 28.0 Å². The summed E-state index contributed by atoms with van der Waals surface area (Å²) in [6.45, 7) is 5.56. The van der Waals surface area contributed by atoms with Gasteiger partial charge in [-0.15, -0.1) is 0 Å². The number of aryl methyl sites for hydroxylation is 2. The van der Waals surface area contributed by atoms with Crippen molar-refractivity contribution in [1.29, 1.82) is 0 Å². The molecular formula is C23H30N2O3. The fourth-order valence-electron chi connectivity index (χ4n) is 4.20. The molecule has 0 bridgehead atoms. The summed E-state index contributed by atoms with van der Waals surface area (Å²) in [6, 6.07) is 11.9. The Labute approximate surface area is 167 Å². The van der Waals surface area contributed by atoms with Gasteiger partial charge in [-0.05, 0) is 80.9 Å². The molecule has 28 heavy (non-hydrogen) atoms. The number of β-amino-alcohol motifs (C(OH)–C–C–N with tert-alkyl or cyclic N) is 1.